The molecule has 3 heterocycles. The van der Waals surface area contributed by atoms with Crippen LogP contribution in [0, 0.1) is 11.8 Å². The molecular formula is C24H22ClF3N8O3. The van der Waals surface area contributed by atoms with Crippen molar-refractivity contribution >= 4 is 23.3 Å². The normalized spacial score (nSPS) is 17.7. The Morgan fingerprint density at radius 2 is 1.92 bits per heavy atom. The summed E-state index contributed by atoms with van der Waals surface area (Å²) >= 11 is 5.91. The van der Waals surface area contributed by atoms with Gasteiger partial charge in [-0.2, -0.15) is 13.2 Å². The molecule has 0 radical (unpaired) electrons. The fourth-order valence-corrected chi connectivity index (χ4v) is 4.12. The second kappa shape index (κ2) is 10.3. The second-order valence-electron chi connectivity index (χ2n) is 9.22. The van der Waals surface area contributed by atoms with Gasteiger partial charge in [0.1, 0.15) is 18.6 Å². The van der Waals surface area contributed by atoms with E-state index in [1.54, 1.807) is 12.1 Å². The van der Waals surface area contributed by atoms with Crippen molar-refractivity contribution in [2.24, 2.45) is 11.8 Å². The van der Waals surface area contributed by atoms with E-state index >= 15 is 0 Å². The van der Waals surface area contributed by atoms with Crippen molar-refractivity contribution < 1.29 is 23.1 Å². The lowest BCUT2D eigenvalue weighted by molar-refractivity contribution is -0.207. The minimum atomic E-state index is -4.94. The molecule has 5 rings (SSSR count). The molecule has 3 atom stereocenters. The molecule has 1 saturated carbocycles. The van der Waals surface area contributed by atoms with Crippen molar-refractivity contribution in [2.75, 3.05) is 5.32 Å². The molecule has 11 nitrogen and oxygen atoms in total. The summed E-state index contributed by atoms with van der Waals surface area (Å²) in [7, 11) is 0. The van der Waals surface area contributed by atoms with Crippen molar-refractivity contribution in [3.8, 4) is 17.1 Å². The summed E-state index contributed by atoms with van der Waals surface area (Å²) in [5.41, 5.74) is -0.137. The van der Waals surface area contributed by atoms with Gasteiger partial charge in [0.2, 0.25) is 5.91 Å². The molecule has 1 aliphatic carbocycles. The van der Waals surface area contributed by atoms with Crippen molar-refractivity contribution in [3.05, 3.63) is 70.3 Å². The standard InChI is InChI=1S/C24H22ClF3N8O3/c1-13-9-16(13)22(38)31-20-17(3-2-8-29-20)36-12-30-19(32-36)11-35-23(39)34(10-18(37)24(26,27)28)21(33-35)14-4-6-15(25)7-5-14/h2-8,12-13,16,18,37H,9-11H2,1H3,(H,29,31,38)/t13?,16?,18-/m0/s1. The summed E-state index contributed by atoms with van der Waals surface area (Å²) in [5, 5.41) is 21.4. The van der Waals surface area contributed by atoms with Gasteiger partial charge < -0.3 is 10.4 Å². The molecule has 15 heteroatoms. The molecule has 0 aliphatic heterocycles. The lowest BCUT2D eigenvalue weighted by Gasteiger charge is -2.15. The number of rotatable bonds is 8. The maximum Gasteiger partial charge on any atom is 0.416 e. The highest BCUT2D eigenvalue weighted by atomic mass is 35.5. The highest BCUT2D eigenvalue weighted by Gasteiger charge is 2.40. The van der Waals surface area contributed by atoms with Crippen LogP contribution in [-0.4, -0.2) is 57.4 Å². The Hall–Kier alpha value is -4.04. The number of alkyl halides is 3. The van der Waals surface area contributed by atoms with E-state index in [2.05, 4.69) is 25.5 Å². The van der Waals surface area contributed by atoms with Gasteiger partial charge in [0.15, 0.2) is 23.6 Å². The first-order valence-electron chi connectivity index (χ1n) is 11.9. The number of amides is 1. The summed E-state index contributed by atoms with van der Waals surface area (Å²) < 4.78 is 42.3. The zero-order valence-corrected chi connectivity index (χ0v) is 21.1. The number of anilines is 1. The number of nitrogens with zero attached hydrogens (tertiary/aromatic N) is 7. The number of halogens is 4. The third-order valence-electron chi connectivity index (χ3n) is 6.31. The summed E-state index contributed by atoms with van der Waals surface area (Å²) in [4.78, 5) is 33.9. The number of hydrogen-bond acceptors (Lipinski definition) is 7. The average molecular weight is 563 g/mol. The number of carbonyl (C=O) groups excluding carboxylic acids is 1. The van der Waals surface area contributed by atoms with E-state index in [0.717, 1.165) is 15.7 Å². The number of hydrogen-bond donors (Lipinski definition) is 2. The van der Waals surface area contributed by atoms with Crippen molar-refractivity contribution in [3.63, 3.8) is 0 Å². The van der Waals surface area contributed by atoms with Crippen molar-refractivity contribution in [1.82, 2.24) is 34.1 Å². The van der Waals surface area contributed by atoms with Gasteiger partial charge in [0.05, 0.1) is 6.54 Å². The van der Waals surface area contributed by atoms with Crippen molar-refractivity contribution in [2.45, 2.75) is 38.7 Å². The second-order valence-corrected chi connectivity index (χ2v) is 9.66. The maximum atomic E-state index is 13.1. The first-order chi connectivity index (χ1) is 18.5. The Bertz CT molecular complexity index is 1560. The van der Waals surface area contributed by atoms with Gasteiger partial charge in [-0.05, 0) is 48.7 Å². The Balaban J connectivity index is 1.43. The van der Waals surface area contributed by atoms with Crippen LogP contribution in [0.5, 0.6) is 0 Å². The van der Waals surface area contributed by atoms with Crippen LogP contribution in [0.25, 0.3) is 17.1 Å². The molecule has 0 bridgehead atoms. The van der Waals surface area contributed by atoms with Gasteiger partial charge in [-0.3, -0.25) is 9.36 Å². The van der Waals surface area contributed by atoms with Gasteiger partial charge in [0.25, 0.3) is 0 Å². The number of carbonyl (C=O) groups is 1. The monoisotopic (exact) mass is 562 g/mol. The topological polar surface area (TPSA) is 133 Å². The molecule has 0 saturated heterocycles. The molecule has 1 amide bonds. The van der Waals surface area contributed by atoms with Gasteiger partial charge in [-0.25, -0.2) is 24.1 Å². The lowest BCUT2D eigenvalue weighted by Crippen LogP contribution is -2.37. The Labute approximate surface area is 223 Å². The predicted octanol–water partition coefficient (Wildman–Crippen LogP) is 2.91. The van der Waals surface area contributed by atoms with Crippen LogP contribution >= 0.6 is 11.6 Å². The molecule has 3 aromatic heterocycles. The zero-order chi connectivity index (χ0) is 27.9. The molecule has 1 fully saturated rings. The van der Waals surface area contributed by atoms with Gasteiger partial charge in [0, 0.05) is 22.7 Å². The average Bonchev–Trinajstić information content (AvgIpc) is 3.32. The predicted molar refractivity (Wildman–Crippen MR) is 133 cm³/mol. The molecule has 4 aromatic rings. The summed E-state index contributed by atoms with van der Waals surface area (Å²) in [6.07, 6.45) is -4.03. The van der Waals surface area contributed by atoms with E-state index in [-0.39, 0.29) is 35.8 Å². The molecule has 0 spiro atoms. The molecule has 2 unspecified atom stereocenters. The van der Waals surface area contributed by atoms with Crippen LogP contribution in [0.3, 0.4) is 0 Å². The summed E-state index contributed by atoms with van der Waals surface area (Å²) in [6, 6.07) is 9.33. The van der Waals surface area contributed by atoms with Crippen LogP contribution < -0.4 is 11.0 Å². The van der Waals surface area contributed by atoms with Crippen LogP contribution in [0.1, 0.15) is 19.2 Å². The minimum Gasteiger partial charge on any atom is -0.382 e. The van der Waals surface area contributed by atoms with Gasteiger partial charge >= 0.3 is 11.9 Å². The first kappa shape index (κ1) is 26.6. The first-order valence-corrected chi connectivity index (χ1v) is 12.2. The lowest BCUT2D eigenvalue weighted by atomic mass is 10.2. The van der Waals surface area contributed by atoms with E-state index in [9.17, 15) is 27.9 Å². The van der Waals surface area contributed by atoms with Crippen LogP contribution in [0.4, 0.5) is 19.0 Å². The van der Waals surface area contributed by atoms with Crippen LogP contribution in [0.15, 0.2) is 53.7 Å². The number of nitrogens with one attached hydrogen (secondary N) is 1. The number of aromatic nitrogens is 7. The molecule has 1 aromatic carbocycles. The van der Waals surface area contributed by atoms with Gasteiger partial charge in [-0.15, -0.1) is 10.2 Å². The molecule has 2 N–H and O–H groups in total. The fraction of sp³-hybridized carbons (Fsp3) is 0.333. The SMILES string of the molecule is CC1CC1C(=O)Nc1ncccc1-n1cnc(Cn2nc(-c3ccc(Cl)cc3)n(C[C@H](O)C(F)(F)F)c2=O)n1. The summed E-state index contributed by atoms with van der Waals surface area (Å²) in [6.45, 7) is 0.655. The maximum absolute atomic E-state index is 13.1. The molecule has 1 aliphatic rings. The molecule has 39 heavy (non-hydrogen) atoms. The number of benzene rings is 1. The third-order valence-corrected chi connectivity index (χ3v) is 6.56. The molecule has 204 valence electrons. The largest absolute Gasteiger partial charge is 0.416 e. The summed E-state index contributed by atoms with van der Waals surface area (Å²) in [5.74, 6) is 0.409. The Morgan fingerprint density at radius 3 is 2.59 bits per heavy atom. The number of aliphatic hydroxyl groups is 1. The van der Waals surface area contributed by atoms with E-state index in [4.69, 9.17) is 11.6 Å². The molecular weight excluding hydrogens is 541 g/mol. The van der Waals surface area contributed by atoms with E-state index in [1.165, 1.54) is 41.5 Å². The van der Waals surface area contributed by atoms with Crippen LogP contribution in [0.2, 0.25) is 5.02 Å². The minimum absolute atomic E-state index is 0.0705. The smallest absolute Gasteiger partial charge is 0.382 e. The van der Waals surface area contributed by atoms with E-state index in [1.807, 2.05) is 6.92 Å². The highest BCUT2D eigenvalue weighted by molar-refractivity contribution is 6.30. The Morgan fingerprint density at radius 1 is 1.21 bits per heavy atom. The number of aliphatic hydroxyl groups excluding tert-OH is 1. The quantitative estimate of drug-likeness (QED) is 0.337. The van der Waals surface area contributed by atoms with Crippen LogP contribution in [-0.2, 0) is 17.9 Å². The number of pyridine rings is 1. The van der Waals surface area contributed by atoms with E-state index in [0.29, 0.717) is 22.2 Å². The Kier molecular flexibility index (Phi) is 6.99. The third kappa shape index (κ3) is 5.71. The van der Waals surface area contributed by atoms with Gasteiger partial charge in [-0.1, -0.05) is 18.5 Å². The zero-order valence-electron chi connectivity index (χ0n) is 20.4. The van der Waals surface area contributed by atoms with E-state index < -0.39 is 24.5 Å². The highest BCUT2D eigenvalue weighted by Crippen LogP contribution is 2.38. The fourth-order valence-electron chi connectivity index (χ4n) is 3.99. The van der Waals surface area contributed by atoms with Crippen molar-refractivity contribution in [1.29, 1.82) is 0 Å².